The van der Waals surface area contributed by atoms with Crippen molar-refractivity contribution in [3.63, 3.8) is 0 Å². The van der Waals surface area contributed by atoms with Gasteiger partial charge in [0.25, 0.3) is 0 Å². The van der Waals surface area contributed by atoms with Gasteiger partial charge in [-0.05, 0) is 11.6 Å². The van der Waals surface area contributed by atoms with Crippen molar-refractivity contribution in [1.29, 1.82) is 0 Å². The van der Waals surface area contributed by atoms with Crippen molar-refractivity contribution in [2.75, 3.05) is 19.6 Å². The minimum absolute atomic E-state index is 0.00575. The summed E-state index contributed by atoms with van der Waals surface area (Å²) in [6.07, 6.45) is 1.62. The SMILES string of the molecule is C=CCN(CCNC(=O)Cc1ccccc1F)C(C)=O. The number of nitrogens with zero attached hydrogens (tertiary/aromatic N) is 1. The van der Waals surface area contributed by atoms with Gasteiger partial charge in [-0.2, -0.15) is 0 Å². The number of rotatable bonds is 7. The van der Waals surface area contributed by atoms with Gasteiger partial charge in [-0.1, -0.05) is 24.3 Å². The molecule has 0 atom stereocenters. The van der Waals surface area contributed by atoms with E-state index < -0.39 is 0 Å². The molecule has 1 rings (SSSR count). The van der Waals surface area contributed by atoms with Crippen molar-refractivity contribution in [3.8, 4) is 0 Å². The number of amides is 2. The maximum atomic E-state index is 13.4. The lowest BCUT2D eigenvalue weighted by Crippen LogP contribution is -2.38. The minimum atomic E-state index is -0.389. The average Bonchev–Trinajstić information content (AvgIpc) is 2.40. The van der Waals surface area contributed by atoms with Gasteiger partial charge in [0, 0.05) is 26.6 Å². The normalized spacial score (nSPS) is 9.90. The smallest absolute Gasteiger partial charge is 0.224 e. The van der Waals surface area contributed by atoms with E-state index in [0.29, 0.717) is 25.2 Å². The van der Waals surface area contributed by atoms with Gasteiger partial charge in [-0.25, -0.2) is 4.39 Å². The van der Waals surface area contributed by atoms with Crippen molar-refractivity contribution in [1.82, 2.24) is 10.2 Å². The molecule has 4 nitrogen and oxygen atoms in total. The molecule has 0 saturated heterocycles. The largest absolute Gasteiger partial charge is 0.354 e. The second kappa shape index (κ2) is 8.09. The van der Waals surface area contributed by atoms with Crippen molar-refractivity contribution in [2.24, 2.45) is 0 Å². The van der Waals surface area contributed by atoms with Crippen molar-refractivity contribution < 1.29 is 14.0 Å². The number of halogens is 1. The molecule has 20 heavy (non-hydrogen) atoms. The summed E-state index contributed by atoms with van der Waals surface area (Å²) in [4.78, 5) is 24.5. The highest BCUT2D eigenvalue weighted by atomic mass is 19.1. The molecule has 1 N–H and O–H groups in total. The molecule has 0 aliphatic carbocycles. The van der Waals surface area contributed by atoms with Gasteiger partial charge in [-0.15, -0.1) is 6.58 Å². The fourth-order valence-electron chi connectivity index (χ4n) is 1.74. The van der Waals surface area contributed by atoms with Crippen LogP contribution in [-0.4, -0.2) is 36.3 Å². The lowest BCUT2D eigenvalue weighted by Gasteiger charge is -2.19. The summed E-state index contributed by atoms with van der Waals surface area (Å²) in [6.45, 7) is 6.22. The molecule has 108 valence electrons. The van der Waals surface area contributed by atoms with Gasteiger partial charge in [0.05, 0.1) is 6.42 Å². The van der Waals surface area contributed by atoms with E-state index in [1.807, 2.05) is 0 Å². The van der Waals surface area contributed by atoms with Crippen LogP contribution in [0.3, 0.4) is 0 Å². The van der Waals surface area contributed by atoms with Crippen molar-refractivity contribution >= 4 is 11.8 Å². The Hall–Kier alpha value is -2.17. The number of benzene rings is 1. The van der Waals surface area contributed by atoms with Gasteiger partial charge in [0.2, 0.25) is 11.8 Å². The summed E-state index contributed by atoms with van der Waals surface area (Å²) >= 11 is 0. The molecule has 0 saturated carbocycles. The molecule has 0 heterocycles. The van der Waals surface area contributed by atoms with E-state index in [4.69, 9.17) is 0 Å². The Morgan fingerprint density at radius 3 is 2.70 bits per heavy atom. The molecule has 0 spiro atoms. The van der Waals surface area contributed by atoms with Crippen LogP contribution in [0.15, 0.2) is 36.9 Å². The maximum Gasteiger partial charge on any atom is 0.224 e. The van der Waals surface area contributed by atoms with Crippen LogP contribution in [0.1, 0.15) is 12.5 Å². The van der Waals surface area contributed by atoms with E-state index in [0.717, 1.165) is 0 Å². The quantitative estimate of drug-likeness (QED) is 0.769. The number of hydrogen-bond acceptors (Lipinski definition) is 2. The second-order valence-electron chi connectivity index (χ2n) is 4.37. The third-order valence-electron chi connectivity index (χ3n) is 2.81. The molecule has 2 amide bonds. The number of carbonyl (C=O) groups excluding carboxylic acids is 2. The van der Waals surface area contributed by atoms with Crippen LogP contribution in [0, 0.1) is 5.82 Å². The zero-order chi connectivity index (χ0) is 15.0. The highest BCUT2D eigenvalue weighted by Gasteiger charge is 2.09. The molecule has 0 bridgehead atoms. The highest BCUT2D eigenvalue weighted by Crippen LogP contribution is 2.06. The summed E-state index contributed by atoms with van der Waals surface area (Å²) in [5, 5.41) is 2.67. The predicted octanol–water partition coefficient (Wildman–Crippen LogP) is 1.52. The van der Waals surface area contributed by atoms with Crippen LogP contribution in [-0.2, 0) is 16.0 Å². The lowest BCUT2D eigenvalue weighted by atomic mass is 10.1. The van der Waals surface area contributed by atoms with Crippen LogP contribution in [0.5, 0.6) is 0 Å². The maximum absolute atomic E-state index is 13.4. The van der Waals surface area contributed by atoms with Crippen LogP contribution >= 0.6 is 0 Å². The summed E-state index contributed by atoms with van der Waals surface area (Å²) in [5.41, 5.74) is 0.361. The summed E-state index contributed by atoms with van der Waals surface area (Å²) in [5.74, 6) is -0.731. The Morgan fingerprint density at radius 1 is 1.40 bits per heavy atom. The molecular formula is C15H19FN2O2. The lowest BCUT2D eigenvalue weighted by molar-refractivity contribution is -0.129. The first-order chi connectivity index (χ1) is 9.54. The number of nitrogens with one attached hydrogen (secondary N) is 1. The first-order valence-electron chi connectivity index (χ1n) is 6.41. The monoisotopic (exact) mass is 278 g/mol. The zero-order valence-corrected chi connectivity index (χ0v) is 11.6. The van der Waals surface area contributed by atoms with E-state index >= 15 is 0 Å². The van der Waals surface area contributed by atoms with Crippen LogP contribution in [0.25, 0.3) is 0 Å². The first kappa shape index (κ1) is 15.9. The van der Waals surface area contributed by atoms with E-state index in [1.165, 1.54) is 13.0 Å². The van der Waals surface area contributed by atoms with Gasteiger partial charge in [0.1, 0.15) is 5.82 Å². The predicted molar refractivity (Wildman–Crippen MR) is 75.6 cm³/mol. The zero-order valence-electron chi connectivity index (χ0n) is 11.6. The molecule has 0 unspecified atom stereocenters. The van der Waals surface area contributed by atoms with Gasteiger partial charge < -0.3 is 10.2 Å². The fourth-order valence-corrected chi connectivity index (χ4v) is 1.74. The second-order valence-corrected chi connectivity index (χ2v) is 4.37. The Kier molecular flexibility index (Phi) is 6.43. The Bertz CT molecular complexity index is 489. The van der Waals surface area contributed by atoms with E-state index in [2.05, 4.69) is 11.9 Å². The summed E-state index contributed by atoms with van der Waals surface area (Å²) in [7, 11) is 0. The first-order valence-corrected chi connectivity index (χ1v) is 6.41. The Morgan fingerprint density at radius 2 is 2.10 bits per heavy atom. The molecular weight excluding hydrogens is 259 g/mol. The Balaban J connectivity index is 2.38. The van der Waals surface area contributed by atoms with Crippen LogP contribution in [0.4, 0.5) is 4.39 Å². The Labute approximate surface area is 118 Å². The topological polar surface area (TPSA) is 49.4 Å². The third-order valence-corrected chi connectivity index (χ3v) is 2.81. The van der Waals surface area contributed by atoms with E-state index in [-0.39, 0.29) is 24.1 Å². The van der Waals surface area contributed by atoms with Crippen LogP contribution < -0.4 is 5.32 Å². The fraction of sp³-hybridized carbons (Fsp3) is 0.333. The molecule has 5 heteroatoms. The summed E-state index contributed by atoms with van der Waals surface area (Å²) < 4.78 is 13.4. The molecule has 0 aliphatic heterocycles. The molecule has 0 aromatic heterocycles. The molecule has 0 aliphatic rings. The van der Waals surface area contributed by atoms with Crippen molar-refractivity contribution in [3.05, 3.63) is 48.3 Å². The standard InChI is InChI=1S/C15H19FN2O2/c1-3-9-18(12(2)19)10-8-17-15(20)11-13-6-4-5-7-14(13)16/h3-7H,1,8-11H2,2H3,(H,17,20). The molecule has 0 radical (unpaired) electrons. The molecule has 1 aromatic carbocycles. The average molecular weight is 278 g/mol. The van der Waals surface area contributed by atoms with Gasteiger partial charge in [-0.3, -0.25) is 9.59 Å². The third kappa shape index (κ3) is 5.22. The minimum Gasteiger partial charge on any atom is -0.354 e. The number of carbonyl (C=O) groups is 2. The summed E-state index contributed by atoms with van der Waals surface area (Å²) in [6, 6.07) is 6.17. The molecule has 0 fully saturated rings. The highest BCUT2D eigenvalue weighted by molar-refractivity contribution is 5.78. The number of hydrogen-bond donors (Lipinski definition) is 1. The van der Waals surface area contributed by atoms with E-state index in [9.17, 15) is 14.0 Å². The molecule has 1 aromatic rings. The van der Waals surface area contributed by atoms with Gasteiger partial charge in [0.15, 0.2) is 0 Å². The van der Waals surface area contributed by atoms with E-state index in [1.54, 1.807) is 29.2 Å². The van der Waals surface area contributed by atoms with Gasteiger partial charge >= 0.3 is 0 Å². The van der Waals surface area contributed by atoms with Crippen LogP contribution in [0.2, 0.25) is 0 Å². The van der Waals surface area contributed by atoms with Crippen molar-refractivity contribution in [2.45, 2.75) is 13.3 Å².